The fourth-order valence-electron chi connectivity index (χ4n) is 2.20. The Morgan fingerprint density at radius 1 is 1.44 bits per heavy atom. The summed E-state index contributed by atoms with van der Waals surface area (Å²) in [7, 11) is 0. The van der Waals surface area contributed by atoms with Crippen LogP contribution in [0.2, 0.25) is 0 Å². The Labute approximate surface area is 109 Å². The lowest BCUT2D eigenvalue weighted by Gasteiger charge is -2.29. The average molecular weight is 251 g/mol. The smallest absolute Gasteiger partial charge is 0.126 e. The van der Waals surface area contributed by atoms with Crippen molar-refractivity contribution in [1.29, 1.82) is 0 Å². The van der Waals surface area contributed by atoms with Gasteiger partial charge in [-0.15, -0.1) is 0 Å². The minimum atomic E-state index is -0.157. The van der Waals surface area contributed by atoms with E-state index in [2.05, 4.69) is 5.32 Å². The van der Waals surface area contributed by atoms with Gasteiger partial charge in [0.05, 0.1) is 6.10 Å². The zero-order valence-electron chi connectivity index (χ0n) is 11.4. The van der Waals surface area contributed by atoms with Crippen LogP contribution in [0.15, 0.2) is 12.1 Å². The molecule has 0 bridgehead atoms. The van der Waals surface area contributed by atoms with Gasteiger partial charge in [0.15, 0.2) is 0 Å². The maximum absolute atomic E-state index is 13.7. The van der Waals surface area contributed by atoms with Gasteiger partial charge in [-0.1, -0.05) is 6.92 Å². The Morgan fingerprint density at radius 3 is 2.72 bits per heavy atom. The van der Waals surface area contributed by atoms with Gasteiger partial charge in [-0.2, -0.15) is 0 Å². The molecule has 18 heavy (non-hydrogen) atoms. The first-order valence-corrected chi connectivity index (χ1v) is 6.82. The first kappa shape index (κ1) is 13.3. The van der Waals surface area contributed by atoms with E-state index in [9.17, 15) is 4.39 Å². The summed E-state index contributed by atoms with van der Waals surface area (Å²) < 4.78 is 19.7. The van der Waals surface area contributed by atoms with Crippen LogP contribution >= 0.6 is 0 Å². The molecule has 0 aliphatic heterocycles. The molecule has 1 saturated carbocycles. The summed E-state index contributed by atoms with van der Waals surface area (Å²) in [5.74, 6) is 0.683. The molecule has 1 atom stereocenters. The topological polar surface area (TPSA) is 21.3 Å². The molecular weight excluding hydrogens is 229 g/mol. The summed E-state index contributed by atoms with van der Waals surface area (Å²) in [5.41, 5.74) is 1.57. The molecule has 2 nitrogen and oxygen atoms in total. The molecule has 0 spiro atoms. The Balaban J connectivity index is 2.25. The van der Waals surface area contributed by atoms with Gasteiger partial charge in [0.2, 0.25) is 0 Å². The van der Waals surface area contributed by atoms with Crippen molar-refractivity contribution in [2.24, 2.45) is 0 Å². The fraction of sp³-hybridized carbons (Fsp3) is 0.600. The summed E-state index contributed by atoms with van der Waals surface area (Å²) >= 11 is 0. The van der Waals surface area contributed by atoms with Crippen LogP contribution in [0.4, 0.5) is 4.39 Å². The summed E-state index contributed by atoms with van der Waals surface area (Å²) in [4.78, 5) is 0. The van der Waals surface area contributed by atoms with Crippen LogP contribution in [0, 0.1) is 12.7 Å². The standard InChI is InChI=1S/C15H22FNO/c1-4-17-11(3)13-9-14(16)10(2)8-15(13)18-12-6-5-7-12/h8-9,11-12,17H,4-7H2,1-3H3. The minimum absolute atomic E-state index is 0.111. The molecule has 1 aromatic rings. The van der Waals surface area contributed by atoms with Crippen molar-refractivity contribution in [3.05, 3.63) is 29.1 Å². The number of hydrogen-bond acceptors (Lipinski definition) is 2. The van der Waals surface area contributed by atoms with Crippen molar-refractivity contribution in [3.63, 3.8) is 0 Å². The second-order valence-electron chi connectivity index (χ2n) is 5.09. The van der Waals surface area contributed by atoms with Gasteiger partial charge < -0.3 is 10.1 Å². The van der Waals surface area contributed by atoms with E-state index in [0.717, 1.165) is 30.7 Å². The van der Waals surface area contributed by atoms with Crippen molar-refractivity contribution < 1.29 is 9.13 Å². The van der Waals surface area contributed by atoms with E-state index in [0.29, 0.717) is 11.7 Å². The van der Waals surface area contributed by atoms with Crippen LogP contribution in [0.3, 0.4) is 0 Å². The summed E-state index contributed by atoms with van der Waals surface area (Å²) in [5, 5.41) is 3.31. The highest BCUT2D eigenvalue weighted by atomic mass is 19.1. The monoisotopic (exact) mass is 251 g/mol. The number of aryl methyl sites for hydroxylation is 1. The van der Waals surface area contributed by atoms with Gasteiger partial charge in [0.25, 0.3) is 0 Å². The van der Waals surface area contributed by atoms with E-state index in [1.807, 2.05) is 19.9 Å². The third-order valence-corrected chi connectivity index (χ3v) is 3.61. The Hall–Kier alpha value is -1.09. The first-order valence-electron chi connectivity index (χ1n) is 6.82. The third-order valence-electron chi connectivity index (χ3n) is 3.61. The predicted octanol–water partition coefficient (Wildman–Crippen LogP) is 3.74. The van der Waals surface area contributed by atoms with Gasteiger partial charge in [-0.25, -0.2) is 4.39 Å². The lowest BCUT2D eigenvalue weighted by molar-refractivity contribution is 0.118. The molecule has 0 saturated heterocycles. The van der Waals surface area contributed by atoms with Crippen LogP contribution in [0.5, 0.6) is 5.75 Å². The minimum Gasteiger partial charge on any atom is -0.490 e. The summed E-state index contributed by atoms with van der Waals surface area (Å²) in [6.45, 7) is 6.74. The molecule has 1 aromatic carbocycles. The Morgan fingerprint density at radius 2 is 2.17 bits per heavy atom. The van der Waals surface area contributed by atoms with E-state index < -0.39 is 0 Å². The SMILES string of the molecule is CCNC(C)c1cc(F)c(C)cc1OC1CCC1. The van der Waals surface area contributed by atoms with E-state index >= 15 is 0 Å². The molecule has 0 aromatic heterocycles. The number of benzene rings is 1. The highest BCUT2D eigenvalue weighted by Crippen LogP contribution is 2.32. The van der Waals surface area contributed by atoms with Crippen LogP contribution < -0.4 is 10.1 Å². The highest BCUT2D eigenvalue weighted by Gasteiger charge is 2.22. The molecule has 3 heteroatoms. The number of hydrogen-bond donors (Lipinski definition) is 1. The molecule has 1 aliphatic rings. The zero-order valence-corrected chi connectivity index (χ0v) is 11.4. The van der Waals surface area contributed by atoms with Gasteiger partial charge in [0, 0.05) is 11.6 Å². The van der Waals surface area contributed by atoms with Crippen molar-refractivity contribution >= 4 is 0 Å². The summed E-state index contributed by atoms with van der Waals surface area (Å²) in [6, 6.07) is 3.55. The van der Waals surface area contributed by atoms with Crippen LogP contribution in [-0.2, 0) is 0 Å². The normalized spacial score (nSPS) is 17.3. The van der Waals surface area contributed by atoms with Gasteiger partial charge in [-0.05, 0) is 57.4 Å². The second kappa shape index (κ2) is 5.70. The predicted molar refractivity (Wildman–Crippen MR) is 71.5 cm³/mol. The maximum Gasteiger partial charge on any atom is 0.126 e. The van der Waals surface area contributed by atoms with Crippen molar-refractivity contribution in [2.45, 2.75) is 52.2 Å². The van der Waals surface area contributed by atoms with E-state index in [1.54, 1.807) is 13.0 Å². The lowest BCUT2D eigenvalue weighted by atomic mass is 9.95. The number of halogens is 1. The van der Waals surface area contributed by atoms with Crippen LogP contribution in [0.1, 0.15) is 50.3 Å². The molecule has 100 valence electrons. The van der Waals surface area contributed by atoms with Gasteiger partial charge >= 0.3 is 0 Å². The molecular formula is C15H22FNO. The van der Waals surface area contributed by atoms with E-state index in [-0.39, 0.29) is 11.9 Å². The largest absolute Gasteiger partial charge is 0.490 e. The second-order valence-corrected chi connectivity index (χ2v) is 5.09. The quantitative estimate of drug-likeness (QED) is 0.860. The molecule has 0 amide bonds. The number of ether oxygens (including phenoxy) is 1. The Bertz CT molecular complexity index is 415. The summed E-state index contributed by atoms with van der Waals surface area (Å²) in [6.07, 6.45) is 3.79. The first-order chi connectivity index (χ1) is 8.61. The van der Waals surface area contributed by atoms with E-state index in [1.165, 1.54) is 6.42 Å². The van der Waals surface area contributed by atoms with Crippen molar-refractivity contribution in [1.82, 2.24) is 5.32 Å². The maximum atomic E-state index is 13.7. The molecule has 1 fully saturated rings. The van der Waals surface area contributed by atoms with Crippen LogP contribution in [-0.4, -0.2) is 12.6 Å². The van der Waals surface area contributed by atoms with Gasteiger partial charge in [0.1, 0.15) is 11.6 Å². The van der Waals surface area contributed by atoms with Crippen LogP contribution in [0.25, 0.3) is 0 Å². The average Bonchev–Trinajstić information content (AvgIpc) is 2.28. The van der Waals surface area contributed by atoms with Crippen molar-refractivity contribution in [3.8, 4) is 5.75 Å². The molecule has 1 N–H and O–H groups in total. The zero-order chi connectivity index (χ0) is 13.1. The number of rotatable bonds is 5. The highest BCUT2D eigenvalue weighted by molar-refractivity contribution is 5.40. The molecule has 1 unspecified atom stereocenters. The third kappa shape index (κ3) is 2.83. The fourth-order valence-corrected chi connectivity index (χ4v) is 2.20. The molecule has 0 radical (unpaired) electrons. The van der Waals surface area contributed by atoms with E-state index in [4.69, 9.17) is 4.74 Å². The van der Waals surface area contributed by atoms with Crippen molar-refractivity contribution in [2.75, 3.05) is 6.54 Å². The number of nitrogens with one attached hydrogen (secondary N) is 1. The van der Waals surface area contributed by atoms with Gasteiger partial charge in [-0.3, -0.25) is 0 Å². The Kier molecular flexibility index (Phi) is 4.23. The molecule has 1 aliphatic carbocycles. The lowest BCUT2D eigenvalue weighted by Crippen LogP contribution is -2.26. The molecule has 0 heterocycles. The molecule has 2 rings (SSSR count).